The fourth-order valence-electron chi connectivity index (χ4n) is 3.81. The van der Waals surface area contributed by atoms with E-state index in [9.17, 15) is 0 Å². The van der Waals surface area contributed by atoms with Gasteiger partial charge in [0.25, 0.3) is 0 Å². The molecular weight excluding hydrogens is 544 g/mol. The highest BCUT2D eigenvalue weighted by atomic mass is 79.9. The Labute approximate surface area is 222 Å². The van der Waals surface area contributed by atoms with E-state index < -0.39 is 11.6 Å². The van der Waals surface area contributed by atoms with Crippen LogP contribution in [0.1, 0.15) is 107 Å². The molecule has 4 atom stereocenters. The molecule has 0 radical (unpaired) electrons. The van der Waals surface area contributed by atoms with Crippen molar-refractivity contribution < 1.29 is 14.2 Å². The van der Waals surface area contributed by atoms with Gasteiger partial charge in [-0.1, -0.05) is 81.8 Å². The number of ether oxygens (including phenoxy) is 3. The quantitative estimate of drug-likeness (QED) is 0.0606. The van der Waals surface area contributed by atoms with Gasteiger partial charge >= 0.3 is 0 Å². The van der Waals surface area contributed by atoms with Crippen LogP contribution in [-0.2, 0) is 14.2 Å². The van der Waals surface area contributed by atoms with Gasteiger partial charge in [0, 0.05) is 22.5 Å². The lowest BCUT2D eigenvalue weighted by molar-refractivity contribution is -0.376. The molecule has 0 aliphatic rings. The molecule has 33 heavy (non-hydrogen) atoms. The first-order chi connectivity index (χ1) is 15.6. The Kier molecular flexibility index (Phi) is 18.7. The fraction of sp³-hybridized carbons (Fsp3) is 0.857. The van der Waals surface area contributed by atoms with Gasteiger partial charge in [0.2, 0.25) is 0 Å². The Morgan fingerprint density at radius 3 is 1.36 bits per heavy atom. The highest BCUT2D eigenvalue weighted by Gasteiger charge is 2.46. The minimum Gasteiger partial charge on any atom is -0.350 e. The average molecular weight is 597 g/mol. The molecule has 5 heteroatoms. The number of allylic oxidation sites excluding steroid dienone is 4. The smallest absolute Gasteiger partial charge is 0.172 e. The molecule has 4 unspecified atom stereocenters. The summed E-state index contributed by atoms with van der Waals surface area (Å²) in [6.07, 6.45) is 12.9. The maximum Gasteiger partial charge on any atom is 0.172 e. The minimum absolute atomic E-state index is 0.216. The predicted octanol–water partition coefficient (Wildman–Crippen LogP) is 9.58. The standard InChI is InChI=1S/C28H52Br2O3/c1-9-11-19-31-27(7,25(21-29)17-13-15-23(3)4)33-28(8,32-20-12-10-2)26(22-30)18-14-16-24(5)6/h15-16,25-26H,9-14,17-22H2,1-8H3. The van der Waals surface area contributed by atoms with E-state index in [1.54, 1.807) is 0 Å². The normalized spacial score (nSPS) is 17.0. The zero-order chi connectivity index (χ0) is 25.3. The lowest BCUT2D eigenvalue weighted by Gasteiger charge is -2.46. The summed E-state index contributed by atoms with van der Waals surface area (Å²) in [4.78, 5) is 0. The summed E-state index contributed by atoms with van der Waals surface area (Å²) in [5.74, 6) is -1.03. The second-order valence-electron chi connectivity index (χ2n) is 9.96. The van der Waals surface area contributed by atoms with Crippen LogP contribution in [0.3, 0.4) is 0 Å². The van der Waals surface area contributed by atoms with Crippen molar-refractivity contribution in [2.24, 2.45) is 11.8 Å². The first-order valence-electron chi connectivity index (χ1n) is 12.9. The number of unbranched alkanes of at least 4 members (excludes halogenated alkanes) is 2. The van der Waals surface area contributed by atoms with Crippen LogP contribution < -0.4 is 0 Å². The van der Waals surface area contributed by atoms with Crippen LogP contribution in [0.15, 0.2) is 23.3 Å². The molecule has 0 aliphatic heterocycles. The maximum absolute atomic E-state index is 6.99. The molecule has 0 amide bonds. The Balaban J connectivity index is 5.92. The van der Waals surface area contributed by atoms with Crippen molar-refractivity contribution in [2.75, 3.05) is 23.9 Å². The molecule has 0 spiro atoms. The highest BCUT2D eigenvalue weighted by Crippen LogP contribution is 2.39. The molecule has 0 aromatic carbocycles. The summed E-state index contributed by atoms with van der Waals surface area (Å²) >= 11 is 7.55. The lowest BCUT2D eigenvalue weighted by atomic mass is 9.92. The topological polar surface area (TPSA) is 27.7 Å². The van der Waals surface area contributed by atoms with E-state index >= 15 is 0 Å². The summed E-state index contributed by atoms with van der Waals surface area (Å²) in [7, 11) is 0. The first kappa shape index (κ1) is 33.3. The van der Waals surface area contributed by atoms with Gasteiger partial charge in [-0.25, -0.2) is 0 Å². The Morgan fingerprint density at radius 1 is 0.727 bits per heavy atom. The number of hydrogen-bond acceptors (Lipinski definition) is 3. The molecular formula is C28H52Br2O3. The van der Waals surface area contributed by atoms with E-state index in [-0.39, 0.29) is 11.8 Å². The molecule has 0 saturated heterocycles. The Hall–Kier alpha value is 0.320. The largest absolute Gasteiger partial charge is 0.350 e. The molecule has 0 fully saturated rings. The average Bonchev–Trinajstić information content (AvgIpc) is 2.74. The number of rotatable bonds is 20. The van der Waals surface area contributed by atoms with Gasteiger partial charge in [0.1, 0.15) is 0 Å². The van der Waals surface area contributed by atoms with E-state index in [0.717, 1.165) is 62.0 Å². The lowest BCUT2D eigenvalue weighted by Crippen LogP contribution is -2.53. The summed E-state index contributed by atoms with van der Waals surface area (Å²) < 4.78 is 20.1. The predicted molar refractivity (Wildman–Crippen MR) is 152 cm³/mol. The molecule has 0 N–H and O–H groups in total. The third-order valence-electron chi connectivity index (χ3n) is 6.17. The van der Waals surface area contributed by atoms with Crippen molar-refractivity contribution in [3.8, 4) is 0 Å². The summed E-state index contributed by atoms with van der Waals surface area (Å²) in [6.45, 7) is 18.7. The molecule has 0 heterocycles. The first-order valence-corrected chi connectivity index (χ1v) is 15.2. The van der Waals surface area contributed by atoms with E-state index in [4.69, 9.17) is 14.2 Å². The molecule has 0 saturated carbocycles. The van der Waals surface area contributed by atoms with Crippen LogP contribution >= 0.6 is 31.9 Å². The van der Waals surface area contributed by atoms with Crippen molar-refractivity contribution in [3.63, 3.8) is 0 Å². The SMILES string of the molecule is CCCCOC(C)(OC(C)(OCCCC)C(CBr)CCC=C(C)C)C(CBr)CCC=C(C)C. The molecule has 196 valence electrons. The van der Waals surface area contributed by atoms with Gasteiger partial charge in [-0.15, -0.1) is 0 Å². The number of hydrogen-bond donors (Lipinski definition) is 0. The number of halogens is 2. The fourth-order valence-corrected chi connectivity index (χ4v) is 5.63. The van der Waals surface area contributed by atoms with Crippen LogP contribution in [0.25, 0.3) is 0 Å². The zero-order valence-corrected chi connectivity index (χ0v) is 25.9. The van der Waals surface area contributed by atoms with Crippen molar-refractivity contribution >= 4 is 31.9 Å². The van der Waals surface area contributed by atoms with Gasteiger partial charge in [0.05, 0.1) is 13.2 Å². The molecule has 3 nitrogen and oxygen atoms in total. The third kappa shape index (κ3) is 13.8. The Bertz CT molecular complexity index is 507. The van der Waals surface area contributed by atoms with Crippen LogP contribution in [0.2, 0.25) is 0 Å². The number of alkyl halides is 2. The van der Waals surface area contributed by atoms with Crippen molar-refractivity contribution in [1.29, 1.82) is 0 Å². The van der Waals surface area contributed by atoms with Crippen LogP contribution in [0, 0.1) is 11.8 Å². The van der Waals surface area contributed by atoms with E-state index in [2.05, 4.69) is 99.4 Å². The van der Waals surface area contributed by atoms with Crippen LogP contribution in [-0.4, -0.2) is 35.4 Å². The molecule has 0 aliphatic carbocycles. The molecule has 0 bridgehead atoms. The van der Waals surface area contributed by atoms with Crippen LogP contribution in [0.4, 0.5) is 0 Å². The molecule has 0 aromatic heterocycles. The monoisotopic (exact) mass is 594 g/mol. The zero-order valence-electron chi connectivity index (χ0n) is 22.8. The van der Waals surface area contributed by atoms with Gasteiger partial charge in [0.15, 0.2) is 11.6 Å². The van der Waals surface area contributed by atoms with Crippen molar-refractivity contribution in [3.05, 3.63) is 23.3 Å². The van der Waals surface area contributed by atoms with Crippen molar-refractivity contribution in [2.45, 2.75) is 118 Å². The van der Waals surface area contributed by atoms with E-state index in [1.807, 2.05) is 0 Å². The summed E-state index contributed by atoms with van der Waals surface area (Å²) in [6, 6.07) is 0. The van der Waals surface area contributed by atoms with Gasteiger partial charge in [-0.2, -0.15) is 0 Å². The summed E-state index contributed by atoms with van der Waals surface area (Å²) in [5.41, 5.74) is 2.70. The van der Waals surface area contributed by atoms with Gasteiger partial charge in [-0.05, 0) is 80.1 Å². The van der Waals surface area contributed by atoms with E-state index in [0.29, 0.717) is 13.2 Å². The minimum atomic E-state index is -0.730. The van der Waals surface area contributed by atoms with E-state index in [1.165, 1.54) is 11.1 Å². The van der Waals surface area contributed by atoms with Gasteiger partial charge < -0.3 is 14.2 Å². The second-order valence-corrected chi connectivity index (χ2v) is 11.3. The summed E-state index contributed by atoms with van der Waals surface area (Å²) in [5, 5.41) is 1.65. The molecule has 0 aromatic rings. The highest BCUT2D eigenvalue weighted by molar-refractivity contribution is 9.09. The van der Waals surface area contributed by atoms with Crippen LogP contribution in [0.5, 0.6) is 0 Å². The third-order valence-corrected chi connectivity index (χ3v) is 7.73. The maximum atomic E-state index is 6.99. The second kappa shape index (κ2) is 18.6. The Morgan fingerprint density at radius 2 is 1.09 bits per heavy atom. The van der Waals surface area contributed by atoms with Crippen molar-refractivity contribution in [1.82, 2.24) is 0 Å². The van der Waals surface area contributed by atoms with Gasteiger partial charge in [-0.3, -0.25) is 0 Å². The molecule has 0 rings (SSSR count).